The lowest BCUT2D eigenvalue weighted by molar-refractivity contribution is -0.121. The third-order valence-electron chi connectivity index (χ3n) is 2.24. The molecule has 0 unspecified atom stereocenters. The van der Waals surface area contributed by atoms with Crippen LogP contribution in [0.25, 0.3) is 0 Å². The highest BCUT2D eigenvalue weighted by Crippen LogP contribution is 2.13. The highest BCUT2D eigenvalue weighted by atomic mass is 35.5. The summed E-state index contributed by atoms with van der Waals surface area (Å²) in [6.07, 6.45) is 0.373. The fourth-order valence-corrected chi connectivity index (χ4v) is 1.59. The molecular weight excluding hydrogens is 210 g/mol. The van der Waals surface area contributed by atoms with Gasteiger partial charge in [-0.15, -0.1) is 11.6 Å². The fraction of sp³-hybridized carbons (Fsp3) is 0.417. The summed E-state index contributed by atoms with van der Waals surface area (Å²) in [7, 11) is 0. The van der Waals surface area contributed by atoms with E-state index in [1.165, 1.54) is 5.56 Å². The van der Waals surface area contributed by atoms with E-state index in [1.807, 2.05) is 32.0 Å². The van der Waals surface area contributed by atoms with Crippen LogP contribution in [0.15, 0.2) is 24.3 Å². The number of carbonyl (C=O) groups is 1. The molecule has 0 saturated heterocycles. The van der Waals surface area contributed by atoms with E-state index in [2.05, 4.69) is 11.4 Å². The highest BCUT2D eigenvalue weighted by molar-refractivity contribution is 6.18. The van der Waals surface area contributed by atoms with Crippen LogP contribution in [0.1, 0.15) is 30.5 Å². The van der Waals surface area contributed by atoms with E-state index in [9.17, 15) is 4.79 Å². The minimum absolute atomic E-state index is 0.000920. The summed E-state index contributed by atoms with van der Waals surface area (Å²) >= 11 is 5.49. The number of alkyl halides is 1. The molecule has 3 heteroatoms. The van der Waals surface area contributed by atoms with Gasteiger partial charge < -0.3 is 5.32 Å². The van der Waals surface area contributed by atoms with Crippen molar-refractivity contribution in [1.29, 1.82) is 0 Å². The lowest BCUT2D eigenvalue weighted by atomic mass is 10.1. The molecule has 0 aliphatic carbocycles. The maximum absolute atomic E-state index is 11.3. The smallest absolute Gasteiger partial charge is 0.221 e. The SMILES string of the molecule is Cc1cccc([C@H](C)NC(=O)CCCl)c1. The van der Waals surface area contributed by atoms with E-state index in [0.717, 1.165) is 5.56 Å². The number of amides is 1. The predicted molar refractivity (Wildman–Crippen MR) is 63.1 cm³/mol. The van der Waals surface area contributed by atoms with Gasteiger partial charge >= 0.3 is 0 Å². The first-order valence-electron chi connectivity index (χ1n) is 5.05. The van der Waals surface area contributed by atoms with Gasteiger partial charge in [-0.05, 0) is 19.4 Å². The summed E-state index contributed by atoms with van der Waals surface area (Å²) in [5.74, 6) is 0.367. The first-order valence-corrected chi connectivity index (χ1v) is 5.59. The van der Waals surface area contributed by atoms with Crippen molar-refractivity contribution in [2.75, 3.05) is 5.88 Å². The van der Waals surface area contributed by atoms with Crippen molar-refractivity contribution in [3.8, 4) is 0 Å². The van der Waals surface area contributed by atoms with Crippen LogP contribution in [-0.4, -0.2) is 11.8 Å². The summed E-state index contributed by atoms with van der Waals surface area (Å²) in [4.78, 5) is 11.3. The number of benzene rings is 1. The summed E-state index contributed by atoms with van der Waals surface area (Å²) < 4.78 is 0. The van der Waals surface area contributed by atoms with E-state index in [1.54, 1.807) is 0 Å². The van der Waals surface area contributed by atoms with E-state index in [-0.39, 0.29) is 11.9 Å². The normalized spacial score (nSPS) is 12.2. The van der Waals surface area contributed by atoms with E-state index in [4.69, 9.17) is 11.6 Å². The van der Waals surface area contributed by atoms with E-state index in [0.29, 0.717) is 12.3 Å². The topological polar surface area (TPSA) is 29.1 Å². The van der Waals surface area contributed by atoms with Crippen LogP contribution in [-0.2, 0) is 4.79 Å². The quantitative estimate of drug-likeness (QED) is 0.785. The monoisotopic (exact) mass is 225 g/mol. The van der Waals surface area contributed by atoms with Crippen LogP contribution in [0.3, 0.4) is 0 Å². The van der Waals surface area contributed by atoms with Gasteiger partial charge in [-0.1, -0.05) is 29.8 Å². The molecule has 1 amide bonds. The lowest BCUT2D eigenvalue weighted by Gasteiger charge is -2.14. The Morgan fingerprint density at radius 2 is 2.27 bits per heavy atom. The van der Waals surface area contributed by atoms with Gasteiger partial charge in [0.15, 0.2) is 0 Å². The Labute approximate surface area is 95.6 Å². The van der Waals surface area contributed by atoms with Crippen molar-refractivity contribution in [2.24, 2.45) is 0 Å². The highest BCUT2D eigenvalue weighted by Gasteiger charge is 2.08. The van der Waals surface area contributed by atoms with Crippen molar-refractivity contribution in [2.45, 2.75) is 26.3 Å². The molecule has 0 heterocycles. The number of rotatable bonds is 4. The lowest BCUT2D eigenvalue weighted by Crippen LogP contribution is -2.26. The molecule has 1 atom stereocenters. The molecule has 0 fully saturated rings. The third-order valence-corrected chi connectivity index (χ3v) is 2.43. The van der Waals surface area contributed by atoms with Gasteiger partial charge in [-0.2, -0.15) is 0 Å². The Kier molecular flexibility index (Phi) is 4.63. The first kappa shape index (κ1) is 12.1. The van der Waals surface area contributed by atoms with E-state index < -0.39 is 0 Å². The number of nitrogens with one attached hydrogen (secondary N) is 1. The van der Waals surface area contributed by atoms with Crippen LogP contribution in [0.5, 0.6) is 0 Å². The summed E-state index contributed by atoms with van der Waals surface area (Å²) in [5.41, 5.74) is 2.32. The maximum atomic E-state index is 11.3. The average Bonchev–Trinajstić information content (AvgIpc) is 2.18. The van der Waals surface area contributed by atoms with Crippen molar-refractivity contribution in [3.05, 3.63) is 35.4 Å². The molecule has 0 aromatic heterocycles. The number of halogens is 1. The number of hydrogen-bond donors (Lipinski definition) is 1. The molecule has 0 radical (unpaired) electrons. The largest absolute Gasteiger partial charge is 0.350 e. The van der Waals surface area contributed by atoms with Gasteiger partial charge in [0, 0.05) is 12.3 Å². The van der Waals surface area contributed by atoms with Crippen molar-refractivity contribution >= 4 is 17.5 Å². The summed E-state index contributed by atoms with van der Waals surface area (Å²) in [5, 5.41) is 2.90. The molecule has 1 aromatic carbocycles. The Morgan fingerprint density at radius 1 is 1.53 bits per heavy atom. The van der Waals surface area contributed by atoms with Gasteiger partial charge in [-0.3, -0.25) is 4.79 Å². The van der Waals surface area contributed by atoms with Gasteiger partial charge in [0.2, 0.25) is 5.91 Å². The Hall–Kier alpha value is -1.02. The second-order valence-electron chi connectivity index (χ2n) is 3.64. The van der Waals surface area contributed by atoms with Crippen LogP contribution < -0.4 is 5.32 Å². The van der Waals surface area contributed by atoms with Gasteiger partial charge in [0.05, 0.1) is 6.04 Å². The number of hydrogen-bond acceptors (Lipinski definition) is 1. The zero-order chi connectivity index (χ0) is 11.3. The molecule has 1 aromatic rings. The second-order valence-corrected chi connectivity index (χ2v) is 4.02. The minimum Gasteiger partial charge on any atom is -0.350 e. The van der Waals surface area contributed by atoms with Crippen molar-refractivity contribution in [3.63, 3.8) is 0 Å². The molecule has 0 aliphatic heterocycles. The van der Waals surface area contributed by atoms with E-state index >= 15 is 0 Å². The molecule has 82 valence electrons. The van der Waals surface area contributed by atoms with Crippen LogP contribution in [0.2, 0.25) is 0 Å². The third kappa shape index (κ3) is 3.92. The molecule has 1 rings (SSSR count). The number of aryl methyl sites for hydroxylation is 1. The van der Waals surface area contributed by atoms with Crippen LogP contribution in [0.4, 0.5) is 0 Å². The summed E-state index contributed by atoms with van der Waals surface area (Å²) in [6.45, 7) is 4.01. The molecule has 15 heavy (non-hydrogen) atoms. The molecule has 0 bridgehead atoms. The number of carbonyl (C=O) groups excluding carboxylic acids is 1. The summed E-state index contributed by atoms with van der Waals surface area (Å²) in [6, 6.07) is 8.16. The Balaban J connectivity index is 2.60. The predicted octanol–water partition coefficient (Wildman–Crippen LogP) is 2.80. The molecular formula is C12H16ClNO. The first-order chi connectivity index (χ1) is 7.13. The molecule has 2 nitrogen and oxygen atoms in total. The second kappa shape index (κ2) is 5.76. The van der Waals surface area contributed by atoms with Gasteiger partial charge in [0.1, 0.15) is 0 Å². The Morgan fingerprint density at radius 3 is 2.87 bits per heavy atom. The van der Waals surface area contributed by atoms with Gasteiger partial charge in [-0.25, -0.2) is 0 Å². The van der Waals surface area contributed by atoms with Gasteiger partial charge in [0.25, 0.3) is 0 Å². The fourth-order valence-electron chi connectivity index (χ4n) is 1.42. The zero-order valence-corrected chi connectivity index (χ0v) is 9.84. The molecule has 0 spiro atoms. The Bertz CT molecular complexity index is 338. The van der Waals surface area contributed by atoms with Crippen molar-refractivity contribution in [1.82, 2.24) is 5.32 Å². The van der Waals surface area contributed by atoms with Crippen molar-refractivity contribution < 1.29 is 4.79 Å². The molecule has 0 saturated carbocycles. The minimum atomic E-state index is -0.000920. The standard InChI is InChI=1S/C12H16ClNO/c1-9-4-3-5-11(8-9)10(2)14-12(15)6-7-13/h3-5,8,10H,6-7H2,1-2H3,(H,14,15)/t10-/m0/s1. The maximum Gasteiger partial charge on any atom is 0.221 e. The van der Waals surface area contributed by atoms with Crippen LogP contribution >= 0.6 is 11.6 Å². The molecule has 0 aliphatic rings. The van der Waals surface area contributed by atoms with Crippen LogP contribution in [0, 0.1) is 6.92 Å². The zero-order valence-electron chi connectivity index (χ0n) is 9.09. The average molecular weight is 226 g/mol. The molecule has 1 N–H and O–H groups in total.